The summed E-state index contributed by atoms with van der Waals surface area (Å²) >= 11 is 5.86. The fraction of sp³-hybridized carbons (Fsp3) is 0.172. The van der Waals surface area contributed by atoms with Crippen molar-refractivity contribution < 1.29 is 19.3 Å². The molecule has 8 heteroatoms. The van der Waals surface area contributed by atoms with Gasteiger partial charge in [-0.3, -0.25) is 0 Å². The van der Waals surface area contributed by atoms with Crippen LogP contribution in [-0.4, -0.2) is 42.3 Å². The Morgan fingerprint density at radius 3 is 2.30 bits per heavy atom. The molecule has 0 spiro atoms. The van der Waals surface area contributed by atoms with E-state index in [-0.39, 0.29) is 11.8 Å². The molecule has 4 aromatic rings. The van der Waals surface area contributed by atoms with Gasteiger partial charge in [-0.1, -0.05) is 36.4 Å². The number of phenols is 1. The molecule has 37 heavy (non-hydrogen) atoms. The molecule has 1 heterocycles. The van der Waals surface area contributed by atoms with Crippen molar-refractivity contribution in [3.8, 4) is 23.0 Å². The maximum absolute atomic E-state index is 10.7. The zero-order valence-electron chi connectivity index (χ0n) is 20.8. The second kappa shape index (κ2) is 10.4. The molecule has 0 saturated carbocycles. The third-order valence-electron chi connectivity index (χ3n) is 6.47. The fourth-order valence-electron chi connectivity index (χ4n) is 4.69. The van der Waals surface area contributed by atoms with Crippen molar-refractivity contribution in [1.82, 2.24) is 5.01 Å². The first-order chi connectivity index (χ1) is 18.0. The summed E-state index contributed by atoms with van der Waals surface area (Å²) in [6, 6.07) is 24.6. The van der Waals surface area contributed by atoms with Crippen LogP contribution in [0.1, 0.15) is 23.6 Å². The van der Waals surface area contributed by atoms with Crippen molar-refractivity contribution in [2.45, 2.75) is 12.5 Å². The van der Waals surface area contributed by atoms with Crippen LogP contribution in [0.15, 0.2) is 84.0 Å². The molecule has 7 nitrogen and oxygen atoms in total. The van der Waals surface area contributed by atoms with Gasteiger partial charge in [-0.2, -0.15) is 5.10 Å². The number of hydrazone groups is 1. The monoisotopic (exact) mass is 513 g/mol. The average molecular weight is 514 g/mol. The quantitative estimate of drug-likeness (QED) is 0.301. The Morgan fingerprint density at radius 2 is 1.59 bits per heavy atom. The average Bonchev–Trinajstić information content (AvgIpc) is 3.37. The Bertz CT molecular complexity index is 1490. The Morgan fingerprint density at radius 1 is 0.865 bits per heavy atom. The smallest absolute Gasteiger partial charge is 0.194 e. The van der Waals surface area contributed by atoms with E-state index in [1.165, 1.54) is 0 Å². The summed E-state index contributed by atoms with van der Waals surface area (Å²) in [4.78, 5) is 0. The largest absolute Gasteiger partial charge is 0.507 e. The third-order valence-corrected chi connectivity index (χ3v) is 6.76. The van der Waals surface area contributed by atoms with Crippen LogP contribution < -0.4 is 19.5 Å². The first kappa shape index (κ1) is 24.4. The summed E-state index contributed by atoms with van der Waals surface area (Å²) in [5.74, 6) is 2.21. The number of ether oxygens (including phenoxy) is 3. The molecule has 2 N–H and O–H groups in total. The number of thiocarbonyl (C=S) groups is 1. The number of methoxy groups -OCH3 is 3. The SMILES string of the molecule is COc1ccc(NC(=S)N2N=C(c3c(O)cccc3OC)CC2c2ccc(OC)c3ccccc23)cc1. The summed E-state index contributed by atoms with van der Waals surface area (Å²) in [5.41, 5.74) is 3.10. The lowest BCUT2D eigenvalue weighted by Gasteiger charge is -2.26. The lowest BCUT2D eigenvalue weighted by atomic mass is 9.93. The van der Waals surface area contributed by atoms with Crippen LogP contribution in [-0.2, 0) is 0 Å². The third kappa shape index (κ3) is 4.63. The molecule has 0 saturated heterocycles. The second-order valence-corrected chi connectivity index (χ2v) is 8.91. The first-order valence-electron chi connectivity index (χ1n) is 11.8. The fourth-order valence-corrected chi connectivity index (χ4v) is 4.97. The molecule has 0 fully saturated rings. The van der Waals surface area contributed by atoms with Crippen LogP contribution in [0.4, 0.5) is 5.69 Å². The molecular formula is C29H27N3O4S. The zero-order valence-corrected chi connectivity index (χ0v) is 21.6. The van der Waals surface area contributed by atoms with Gasteiger partial charge < -0.3 is 24.6 Å². The maximum atomic E-state index is 10.7. The predicted octanol–water partition coefficient (Wildman–Crippen LogP) is 6.12. The van der Waals surface area contributed by atoms with Gasteiger partial charge in [-0.05, 0) is 65.6 Å². The first-order valence-corrected chi connectivity index (χ1v) is 12.2. The van der Waals surface area contributed by atoms with Crippen LogP contribution in [0.2, 0.25) is 0 Å². The molecule has 0 aliphatic carbocycles. The number of fused-ring (bicyclic) bond motifs is 1. The summed E-state index contributed by atoms with van der Waals surface area (Å²) in [7, 11) is 4.88. The predicted molar refractivity (Wildman–Crippen MR) is 150 cm³/mol. The minimum absolute atomic E-state index is 0.104. The topological polar surface area (TPSA) is 75.6 Å². The minimum Gasteiger partial charge on any atom is -0.507 e. The molecule has 1 unspecified atom stereocenters. The Kier molecular flexibility index (Phi) is 6.83. The van der Waals surface area contributed by atoms with E-state index in [4.69, 9.17) is 31.5 Å². The van der Waals surface area contributed by atoms with Crippen LogP contribution in [0.5, 0.6) is 23.0 Å². The van der Waals surface area contributed by atoms with Crippen molar-refractivity contribution in [2.75, 3.05) is 26.6 Å². The van der Waals surface area contributed by atoms with Gasteiger partial charge in [-0.15, -0.1) is 0 Å². The van der Waals surface area contributed by atoms with Crippen molar-refractivity contribution in [3.63, 3.8) is 0 Å². The summed E-state index contributed by atoms with van der Waals surface area (Å²) < 4.78 is 16.4. The number of rotatable bonds is 6. The summed E-state index contributed by atoms with van der Waals surface area (Å²) in [6.07, 6.45) is 0.509. The van der Waals surface area contributed by atoms with Crippen molar-refractivity contribution in [2.24, 2.45) is 5.10 Å². The highest BCUT2D eigenvalue weighted by Gasteiger charge is 2.35. The number of nitrogens with one attached hydrogen (secondary N) is 1. The second-order valence-electron chi connectivity index (χ2n) is 8.53. The number of anilines is 1. The van der Waals surface area contributed by atoms with Gasteiger partial charge in [-0.25, -0.2) is 5.01 Å². The highest BCUT2D eigenvalue weighted by molar-refractivity contribution is 7.80. The van der Waals surface area contributed by atoms with E-state index in [0.29, 0.717) is 28.6 Å². The number of phenolic OH excluding ortho intramolecular Hbond substituents is 1. The van der Waals surface area contributed by atoms with Gasteiger partial charge in [0.25, 0.3) is 0 Å². The Balaban J connectivity index is 1.59. The van der Waals surface area contributed by atoms with Gasteiger partial charge in [0, 0.05) is 17.5 Å². The summed E-state index contributed by atoms with van der Waals surface area (Å²) in [5, 5.41) is 23.2. The molecular weight excluding hydrogens is 486 g/mol. The lowest BCUT2D eigenvalue weighted by Crippen LogP contribution is -2.31. The van der Waals surface area contributed by atoms with Gasteiger partial charge in [0.05, 0.1) is 38.6 Å². The standard InChI is InChI=1S/C29H27N3O4S/c1-34-19-13-11-18(12-14-19)30-29(37)32-24(17-23(31-32)28-25(33)9-6-10-27(28)36-3)21-15-16-26(35-2)22-8-5-4-7-20(21)22/h4-16,24,33H,17H2,1-3H3,(H,30,37). The van der Waals surface area contributed by atoms with Crippen molar-refractivity contribution >= 4 is 39.5 Å². The van der Waals surface area contributed by atoms with E-state index in [9.17, 15) is 5.11 Å². The molecule has 0 amide bonds. The number of nitrogens with zero attached hydrogens (tertiary/aromatic N) is 2. The molecule has 1 aliphatic rings. The van der Waals surface area contributed by atoms with Gasteiger partial charge in [0.15, 0.2) is 5.11 Å². The molecule has 5 rings (SSSR count). The molecule has 1 aliphatic heterocycles. The number of hydrogen-bond acceptors (Lipinski definition) is 6. The van der Waals surface area contributed by atoms with Crippen molar-refractivity contribution in [1.29, 1.82) is 0 Å². The van der Waals surface area contributed by atoms with Gasteiger partial charge in [0.2, 0.25) is 0 Å². The van der Waals surface area contributed by atoms with E-state index in [2.05, 4.69) is 17.4 Å². The number of benzene rings is 4. The van der Waals surface area contributed by atoms with Crippen LogP contribution in [0.25, 0.3) is 10.8 Å². The van der Waals surface area contributed by atoms with Gasteiger partial charge >= 0.3 is 0 Å². The molecule has 0 radical (unpaired) electrons. The van der Waals surface area contributed by atoms with Crippen LogP contribution >= 0.6 is 12.2 Å². The minimum atomic E-state index is -0.228. The van der Waals surface area contributed by atoms with E-state index >= 15 is 0 Å². The van der Waals surface area contributed by atoms with E-state index in [1.807, 2.05) is 54.6 Å². The number of aromatic hydroxyl groups is 1. The number of hydrogen-bond donors (Lipinski definition) is 2. The molecule has 0 bridgehead atoms. The van der Waals surface area contributed by atoms with E-state index in [0.717, 1.165) is 33.5 Å². The maximum Gasteiger partial charge on any atom is 0.194 e. The van der Waals surface area contributed by atoms with Gasteiger partial charge in [0.1, 0.15) is 23.0 Å². The molecule has 4 aromatic carbocycles. The van der Waals surface area contributed by atoms with Crippen LogP contribution in [0, 0.1) is 0 Å². The van der Waals surface area contributed by atoms with E-state index in [1.54, 1.807) is 38.5 Å². The highest BCUT2D eigenvalue weighted by Crippen LogP contribution is 2.42. The summed E-state index contributed by atoms with van der Waals surface area (Å²) in [6.45, 7) is 0. The normalized spacial score (nSPS) is 14.8. The van der Waals surface area contributed by atoms with Crippen molar-refractivity contribution in [3.05, 3.63) is 90.0 Å². The van der Waals surface area contributed by atoms with Crippen LogP contribution in [0.3, 0.4) is 0 Å². The lowest BCUT2D eigenvalue weighted by molar-refractivity contribution is 0.377. The zero-order chi connectivity index (χ0) is 25.9. The van der Waals surface area contributed by atoms with E-state index < -0.39 is 0 Å². The Labute approximate surface area is 220 Å². The Hall–Kier alpha value is -4.30. The molecule has 0 aromatic heterocycles. The highest BCUT2D eigenvalue weighted by atomic mass is 32.1. The molecule has 188 valence electrons. The molecule has 1 atom stereocenters.